The molecule has 0 saturated carbocycles. The van der Waals surface area contributed by atoms with E-state index in [4.69, 9.17) is 17.0 Å². The van der Waals surface area contributed by atoms with E-state index in [0.29, 0.717) is 28.8 Å². The summed E-state index contributed by atoms with van der Waals surface area (Å²) in [6.07, 6.45) is 3.84. The molecule has 0 radical (unpaired) electrons. The van der Waals surface area contributed by atoms with Gasteiger partial charge in [0.1, 0.15) is 11.6 Å². The molecule has 0 spiro atoms. The van der Waals surface area contributed by atoms with Gasteiger partial charge >= 0.3 is 0 Å². The van der Waals surface area contributed by atoms with Crippen LogP contribution in [-0.4, -0.2) is 39.1 Å². The number of amides is 1. The van der Waals surface area contributed by atoms with Crippen LogP contribution >= 0.6 is 12.2 Å². The van der Waals surface area contributed by atoms with Crippen molar-refractivity contribution >= 4 is 28.9 Å². The van der Waals surface area contributed by atoms with Gasteiger partial charge in [0.2, 0.25) is 5.91 Å². The fourth-order valence-corrected chi connectivity index (χ4v) is 4.98. The number of para-hydroxylation sites is 2. The van der Waals surface area contributed by atoms with Crippen molar-refractivity contribution in [3.8, 4) is 11.4 Å². The van der Waals surface area contributed by atoms with Gasteiger partial charge in [0.25, 0.3) is 0 Å². The SMILES string of the molecule is COc1ccccc1NC(=O)CCN1C(=S)N[C@@H](c2ccccn2)[C@H]1c1cccn1-c1cccc(F)c1. The molecule has 1 amide bonds. The Hall–Kier alpha value is -4.24. The number of nitrogens with one attached hydrogen (secondary N) is 2. The number of hydrogen-bond donors (Lipinski definition) is 2. The van der Waals surface area contributed by atoms with E-state index in [-0.39, 0.29) is 30.2 Å². The Labute approximate surface area is 219 Å². The number of hydrogen-bond acceptors (Lipinski definition) is 4. The summed E-state index contributed by atoms with van der Waals surface area (Å²) in [5, 5.41) is 6.84. The first-order valence-electron chi connectivity index (χ1n) is 11.9. The Kier molecular flexibility index (Phi) is 7.14. The van der Waals surface area contributed by atoms with Gasteiger partial charge in [0.15, 0.2) is 5.11 Å². The number of carbonyl (C=O) groups is 1. The second kappa shape index (κ2) is 10.8. The van der Waals surface area contributed by atoms with Gasteiger partial charge in [0.05, 0.1) is 30.6 Å². The lowest BCUT2D eigenvalue weighted by Gasteiger charge is -2.29. The summed E-state index contributed by atoms with van der Waals surface area (Å²) in [5.41, 5.74) is 3.04. The van der Waals surface area contributed by atoms with E-state index < -0.39 is 0 Å². The highest BCUT2D eigenvalue weighted by Gasteiger charge is 2.41. The second-order valence-corrected chi connectivity index (χ2v) is 8.99. The van der Waals surface area contributed by atoms with Gasteiger partial charge in [-0.3, -0.25) is 9.78 Å². The Morgan fingerprint density at radius 1 is 1.11 bits per heavy atom. The number of rotatable bonds is 8. The van der Waals surface area contributed by atoms with E-state index >= 15 is 0 Å². The summed E-state index contributed by atoms with van der Waals surface area (Å²) in [6.45, 7) is 0.370. The summed E-state index contributed by atoms with van der Waals surface area (Å²) < 4.78 is 21.4. The fourth-order valence-electron chi connectivity index (χ4n) is 4.65. The Balaban J connectivity index is 1.44. The van der Waals surface area contributed by atoms with Gasteiger partial charge in [-0.1, -0.05) is 24.3 Å². The quantitative estimate of drug-likeness (QED) is 0.321. The molecule has 2 aromatic carbocycles. The van der Waals surface area contributed by atoms with Gasteiger partial charge in [-0.05, 0) is 66.8 Å². The predicted molar refractivity (Wildman–Crippen MR) is 144 cm³/mol. The summed E-state index contributed by atoms with van der Waals surface area (Å²) in [5.74, 6) is 0.117. The number of pyridine rings is 1. The number of methoxy groups -OCH3 is 1. The van der Waals surface area contributed by atoms with Crippen LogP contribution in [0.1, 0.15) is 29.9 Å². The number of ether oxygens (including phenoxy) is 1. The summed E-state index contributed by atoms with van der Waals surface area (Å²) in [6, 6.07) is 22.8. The summed E-state index contributed by atoms with van der Waals surface area (Å²) in [4.78, 5) is 19.5. The van der Waals surface area contributed by atoms with Crippen LogP contribution in [0, 0.1) is 5.82 Å². The van der Waals surface area contributed by atoms with Crippen molar-refractivity contribution in [2.45, 2.75) is 18.5 Å². The van der Waals surface area contributed by atoms with Crippen molar-refractivity contribution in [2.75, 3.05) is 19.0 Å². The normalized spacial score (nSPS) is 16.9. The average molecular weight is 516 g/mol. The second-order valence-electron chi connectivity index (χ2n) is 8.60. The number of aromatic nitrogens is 2. The van der Waals surface area contributed by atoms with Crippen molar-refractivity contribution in [2.24, 2.45) is 0 Å². The molecule has 5 rings (SSSR count). The molecule has 1 saturated heterocycles. The first kappa shape index (κ1) is 24.5. The number of carbonyl (C=O) groups excluding carboxylic acids is 1. The van der Waals surface area contributed by atoms with Crippen molar-refractivity contribution in [1.82, 2.24) is 19.8 Å². The Bertz CT molecular complexity index is 1410. The molecule has 1 fully saturated rings. The van der Waals surface area contributed by atoms with Crippen LogP contribution in [0.2, 0.25) is 0 Å². The van der Waals surface area contributed by atoms with Crippen molar-refractivity contribution < 1.29 is 13.9 Å². The van der Waals surface area contributed by atoms with Crippen LogP contribution in [0.3, 0.4) is 0 Å². The molecule has 1 aliphatic heterocycles. The molecule has 3 heterocycles. The number of thiocarbonyl (C=S) groups is 1. The lowest BCUT2D eigenvalue weighted by atomic mass is 10.0. The monoisotopic (exact) mass is 515 g/mol. The number of anilines is 1. The maximum absolute atomic E-state index is 14.1. The molecule has 7 nitrogen and oxygen atoms in total. The van der Waals surface area contributed by atoms with Crippen LogP contribution in [0.25, 0.3) is 5.69 Å². The van der Waals surface area contributed by atoms with Crippen molar-refractivity contribution in [1.29, 1.82) is 0 Å². The van der Waals surface area contributed by atoms with Crippen molar-refractivity contribution in [3.63, 3.8) is 0 Å². The Morgan fingerprint density at radius 2 is 1.95 bits per heavy atom. The summed E-state index contributed by atoms with van der Waals surface area (Å²) in [7, 11) is 1.56. The molecule has 37 heavy (non-hydrogen) atoms. The molecular formula is C28H26FN5O2S. The van der Waals surface area contributed by atoms with Crippen LogP contribution in [0.15, 0.2) is 91.3 Å². The molecule has 2 N–H and O–H groups in total. The molecular weight excluding hydrogens is 489 g/mol. The Morgan fingerprint density at radius 3 is 2.73 bits per heavy atom. The smallest absolute Gasteiger partial charge is 0.226 e. The standard InChI is InChI=1S/C28H26FN5O2S/c1-36-24-13-3-2-10-21(24)31-25(35)14-17-34-27(26(32-28(34)37)22-11-4-5-15-30-22)23-12-7-16-33(23)20-9-6-8-19(29)18-20/h2-13,15-16,18,26-27H,14,17H2,1H3,(H,31,35)(H,32,37)/t26-,27+/m0/s1. The van der Waals surface area contributed by atoms with Gasteiger partial charge in [-0.15, -0.1) is 0 Å². The van der Waals surface area contributed by atoms with E-state index in [1.165, 1.54) is 12.1 Å². The lowest BCUT2D eigenvalue weighted by molar-refractivity contribution is -0.116. The van der Waals surface area contributed by atoms with E-state index in [1.54, 1.807) is 31.5 Å². The number of benzene rings is 2. The summed E-state index contributed by atoms with van der Waals surface area (Å²) >= 11 is 5.74. The molecule has 188 valence electrons. The van der Waals surface area contributed by atoms with Crippen LogP contribution < -0.4 is 15.4 Å². The van der Waals surface area contributed by atoms with Gasteiger partial charge < -0.3 is 24.8 Å². The van der Waals surface area contributed by atoms with E-state index in [1.807, 2.05) is 64.2 Å². The minimum absolute atomic E-state index is 0.159. The molecule has 0 unspecified atom stereocenters. The first-order chi connectivity index (χ1) is 18.0. The molecule has 2 aromatic heterocycles. The molecule has 1 aliphatic rings. The maximum Gasteiger partial charge on any atom is 0.226 e. The van der Waals surface area contributed by atoms with Crippen LogP contribution in [0.4, 0.5) is 10.1 Å². The van der Waals surface area contributed by atoms with Crippen LogP contribution in [-0.2, 0) is 4.79 Å². The zero-order valence-corrected chi connectivity index (χ0v) is 21.0. The molecule has 4 aromatic rings. The number of nitrogens with zero attached hydrogens (tertiary/aromatic N) is 3. The highest BCUT2D eigenvalue weighted by atomic mass is 32.1. The van der Waals surface area contributed by atoms with E-state index in [2.05, 4.69) is 15.6 Å². The lowest BCUT2D eigenvalue weighted by Crippen LogP contribution is -2.33. The van der Waals surface area contributed by atoms with Gasteiger partial charge in [0, 0.05) is 36.7 Å². The largest absolute Gasteiger partial charge is 0.495 e. The third-order valence-corrected chi connectivity index (χ3v) is 6.68. The van der Waals surface area contributed by atoms with E-state index in [9.17, 15) is 9.18 Å². The maximum atomic E-state index is 14.1. The first-order valence-corrected chi connectivity index (χ1v) is 12.3. The van der Waals surface area contributed by atoms with E-state index in [0.717, 1.165) is 11.4 Å². The highest BCUT2D eigenvalue weighted by Crippen LogP contribution is 2.39. The minimum Gasteiger partial charge on any atom is -0.495 e. The van der Waals surface area contributed by atoms with Gasteiger partial charge in [-0.2, -0.15) is 0 Å². The zero-order valence-electron chi connectivity index (χ0n) is 20.2. The van der Waals surface area contributed by atoms with Crippen LogP contribution in [0.5, 0.6) is 5.75 Å². The number of halogens is 1. The molecule has 9 heteroatoms. The van der Waals surface area contributed by atoms with Gasteiger partial charge in [-0.25, -0.2) is 4.39 Å². The van der Waals surface area contributed by atoms with Crippen molar-refractivity contribution in [3.05, 3.63) is 108 Å². The third-order valence-electron chi connectivity index (χ3n) is 6.33. The fraction of sp³-hybridized carbons (Fsp3) is 0.179. The zero-order chi connectivity index (χ0) is 25.8. The minimum atomic E-state index is -0.316. The highest BCUT2D eigenvalue weighted by molar-refractivity contribution is 7.80. The topological polar surface area (TPSA) is 71.4 Å². The molecule has 0 bridgehead atoms. The molecule has 0 aliphatic carbocycles. The average Bonchev–Trinajstić information content (AvgIpc) is 3.52. The predicted octanol–water partition coefficient (Wildman–Crippen LogP) is 5.02. The molecule has 2 atom stereocenters. The third kappa shape index (κ3) is 5.17.